The van der Waals surface area contributed by atoms with E-state index in [1.807, 2.05) is 11.8 Å². The number of rotatable bonds is 5. The Balaban J connectivity index is 2.13. The number of nitrogens with one attached hydrogen (secondary N) is 1. The first-order chi connectivity index (χ1) is 9.56. The van der Waals surface area contributed by atoms with Crippen molar-refractivity contribution in [2.45, 2.75) is 57.2 Å². The van der Waals surface area contributed by atoms with Crippen molar-refractivity contribution in [2.24, 2.45) is 5.92 Å². The summed E-state index contributed by atoms with van der Waals surface area (Å²) < 4.78 is 0. The van der Waals surface area contributed by atoms with Crippen LogP contribution in [-0.4, -0.2) is 46.6 Å². The van der Waals surface area contributed by atoms with Crippen LogP contribution in [0.5, 0.6) is 0 Å². The lowest BCUT2D eigenvalue weighted by Crippen LogP contribution is -2.53. The van der Waals surface area contributed by atoms with Gasteiger partial charge in [-0.25, -0.2) is 0 Å². The van der Waals surface area contributed by atoms with Gasteiger partial charge in [-0.3, -0.25) is 14.5 Å². The standard InChI is InChI=1S/C15H24N2O3/c1-3-8-16-14(18)10(2)17-12-7-5-4-6-11(12)9-13(17)15(19)20/h3,10-13H,1,4-9H2,2H3,(H,16,18)(H,19,20). The first kappa shape index (κ1) is 15.0. The molecule has 0 radical (unpaired) electrons. The van der Waals surface area contributed by atoms with Gasteiger partial charge in [0, 0.05) is 12.6 Å². The van der Waals surface area contributed by atoms with Gasteiger partial charge in [0.25, 0.3) is 0 Å². The summed E-state index contributed by atoms with van der Waals surface area (Å²) in [6.45, 7) is 5.81. The normalized spacial score (nSPS) is 31.4. The van der Waals surface area contributed by atoms with Crippen LogP contribution in [-0.2, 0) is 9.59 Å². The topological polar surface area (TPSA) is 69.6 Å². The van der Waals surface area contributed by atoms with E-state index in [-0.39, 0.29) is 11.9 Å². The summed E-state index contributed by atoms with van der Waals surface area (Å²) in [7, 11) is 0. The summed E-state index contributed by atoms with van der Waals surface area (Å²) in [6.07, 6.45) is 6.72. The highest BCUT2D eigenvalue weighted by Crippen LogP contribution is 2.40. The van der Waals surface area contributed by atoms with Gasteiger partial charge in [0.15, 0.2) is 0 Å². The number of fused-ring (bicyclic) bond motifs is 1. The SMILES string of the molecule is C=CCNC(=O)C(C)N1C(C(=O)O)CC2CCCCC21. The predicted octanol–water partition coefficient (Wildman–Crippen LogP) is 1.39. The van der Waals surface area contributed by atoms with Crippen LogP contribution in [0.3, 0.4) is 0 Å². The monoisotopic (exact) mass is 280 g/mol. The molecule has 2 N–H and O–H groups in total. The number of carboxylic acids is 1. The zero-order valence-electron chi connectivity index (χ0n) is 12.0. The number of carbonyl (C=O) groups excluding carboxylic acids is 1. The van der Waals surface area contributed by atoms with E-state index in [0.29, 0.717) is 18.9 Å². The maximum atomic E-state index is 12.1. The Morgan fingerprint density at radius 3 is 2.80 bits per heavy atom. The Hall–Kier alpha value is -1.36. The minimum atomic E-state index is -0.803. The zero-order chi connectivity index (χ0) is 14.7. The third kappa shape index (κ3) is 2.87. The van der Waals surface area contributed by atoms with Gasteiger partial charge >= 0.3 is 5.97 Å². The Bertz CT molecular complexity index is 397. The minimum Gasteiger partial charge on any atom is -0.480 e. The molecule has 20 heavy (non-hydrogen) atoms. The van der Waals surface area contributed by atoms with E-state index in [4.69, 9.17) is 0 Å². The number of likely N-dealkylation sites (tertiary alicyclic amines) is 1. The molecule has 2 aliphatic rings. The highest BCUT2D eigenvalue weighted by atomic mass is 16.4. The van der Waals surface area contributed by atoms with Crippen molar-refractivity contribution in [3.05, 3.63) is 12.7 Å². The number of nitrogens with zero attached hydrogens (tertiary/aromatic N) is 1. The molecule has 1 aliphatic heterocycles. The van der Waals surface area contributed by atoms with Crippen molar-refractivity contribution >= 4 is 11.9 Å². The average molecular weight is 280 g/mol. The quantitative estimate of drug-likeness (QED) is 0.747. The molecule has 112 valence electrons. The Kier molecular flexibility index (Phi) is 4.81. The number of carboxylic acid groups (broad SMARTS) is 1. The molecule has 2 fully saturated rings. The maximum absolute atomic E-state index is 12.1. The molecular formula is C15H24N2O3. The van der Waals surface area contributed by atoms with Crippen LogP contribution in [0, 0.1) is 5.92 Å². The molecule has 0 aromatic heterocycles. The van der Waals surface area contributed by atoms with Gasteiger partial charge in [-0.1, -0.05) is 18.9 Å². The van der Waals surface area contributed by atoms with Gasteiger partial charge in [0.2, 0.25) is 5.91 Å². The summed E-state index contributed by atoms with van der Waals surface area (Å²) >= 11 is 0. The van der Waals surface area contributed by atoms with Crippen LogP contribution < -0.4 is 5.32 Å². The van der Waals surface area contributed by atoms with Crippen molar-refractivity contribution < 1.29 is 14.7 Å². The second-order valence-electron chi connectivity index (χ2n) is 5.86. The molecule has 4 unspecified atom stereocenters. The zero-order valence-corrected chi connectivity index (χ0v) is 12.0. The fraction of sp³-hybridized carbons (Fsp3) is 0.733. The Morgan fingerprint density at radius 2 is 2.15 bits per heavy atom. The van der Waals surface area contributed by atoms with Crippen LogP contribution >= 0.6 is 0 Å². The third-order valence-electron chi connectivity index (χ3n) is 4.67. The molecule has 1 amide bonds. The lowest BCUT2D eigenvalue weighted by molar-refractivity contribution is -0.144. The molecule has 1 aliphatic carbocycles. The average Bonchev–Trinajstić information content (AvgIpc) is 2.83. The summed E-state index contributed by atoms with van der Waals surface area (Å²) in [5.41, 5.74) is 0. The van der Waals surface area contributed by atoms with E-state index in [0.717, 1.165) is 19.3 Å². The number of carbonyl (C=O) groups is 2. The molecule has 0 bridgehead atoms. The van der Waals surface area contributed by atoms with Crippen molar-refractivity contribution in [3.8, 4) is 0 Å². The summed E-state index contributed by atoms with van der Waals surface area (Å²) in [5, 5.41) is 12.2. The smallest absolute Gasteiger partial charge is 0.320 e. The van der Waals surface area contributed by atoms with Crippen LogP contribution in [0.1, 0.15) is 39.0 Å². The lowest BCUT2D eigenvalue weighted by atomic mass is 9.84. The van der Waals surface area contributed by atoms with Crippen molar-refractivity contribution in [3.63, 3.8) is 0 Å². The molecule has 2 rings (SSSR count). The van der Waals surface area contributed by atoms with E-state index in [1.165, 1.54) is 6.42 Å². The van der Waals surface area contributed by atoms with Crippen LogP contribution in [0.25, 0.3) is 0 Å². The van der Waals surface area contributed by atoms with Gasteiger partial charge in [-0.2, -0.15) is 0 Å². The molecule has 5 heteroatoms. The minimum absolute atomic E-state index is 0.109. The molecule has 1 saturated heterocycles. The van der Waals surface area contributed by atoms with Gasteiger partial charge in [-0.05, 0) is 32.1 Å². The van der Waals surface area contributed by atoms with Gasteiger partial charge in [0.05, 0.1) is 6.04 Å². The summed E-state index contributed by atoms with van der Waals surface area (Å²) in [5.74, 6) is -0.482. The molecular weight excluding hydrogens is 256 g/mol. The van der Waals surface area contributed by atoms with Crippen molar-refractivity contribution in [2.75, 3.05) is 6.54 Å². The fourth-order valence-corrected chi connectivity index (χ4v) is 3.74. The van der Waals surface area contributed by atoms with Crippen molar-refractivity contribution in [1.29, 1.82) is 0 Å². The molecule has 1 heterocycles. The van der Waals surface area contributed by atoms with Crippen LogP contribution in [0.4, 0.5) is 0 Å². The number of amides is 1. The molecule has 0 spiro atoms. The van der Waals surface area contributed by atoms with Crippen molar-refractivity contribution in [1.82, 2.24) is 10.2 Å². The Labute approximate surface area is 120 Å². The van der Waals surface area contributed by atoms with E-state index >= 15 is 0 Å². The molecule has 5 nitrogen and oxygen atoms in total. The number of aliphatic carboxylic acids is 1. The molecule has 0 aromatic rings. The number of hydrogen-bond donors (Lipinski definition) is 2. The fourth-order valence-electron chi connectivity index (χ4n) is 3.74. The molecule has 0 aromatic carbocycles. The predicted molar refractivity (Wildman–Crippen MR) is 76.3 cm³/mol. The third-order valence-corrected chi connectivity index (χ3v) is 4.67. The van der Waals surface area contributed by atoms with Crippen LogP contribution in [0.2, 0.25) is 0 Å². The number of hydrogen-bond acceptors (Lipinski definition) is 3. The first-order valence-corrected chi connectivity index (χ1v) is 7.45. The van der Waals surface area contributed by atoms with Gasteiger partial charge < -0.3 is 10.4 Å². The van der Waals surface area contributed by atoms with E-state index in [2.05, 4.69) is 11.9 Å². The molecule has 1 saturated carbocycles. The highest BCUT2D eigenvalue weighted by molar-refractivity contribution is 5.83. The second-order valence-corrected chi connectivity index (χ2v) is 5.86. The van der Waals surface area contributed by atoms with Gasteiger partial charge in [-0.15, -0.1) is 6.58 Å². The van der Waals surface area contributed by atoms with E-state index < -0.39 is 18.1 Å². The summed E-state index contributed by atoms with van der Waals surface area (Å²) in [4.78, 5) is 25.6. The van der Waals surface area contributed by atoms with Crippen LogP contribution in [0.15, 0.2) is 12.7 Å². The maximum Gasteiger partial charge on any atom is 0.320 e. The van der Waals surface area contributed by atoms with E-state index in [1.54, 1.807) is 6.08 Å². The summed E-state index contributed by atoms with van der Waals surface area (Å²) in [6, 6.07) is -0.675. The lowest BCUT2D eigenvalue weighted by Gasteiger charge is -2.36. The largest absolute Gasteiger partial charge is 0.480 e. The van der Waals surface area contributed by atoms with E-state index in [9.17, 15) is 14.7 Å². The second kappa shape index (κ2) is 6.39. The van der Waals surface area contributed by atoms with Gasteiger partial charge in [0.1, 0.15) is 6.04 Å². The Morgan fingerprint density at radius 1 is 1.45 bits per heavy atom. The highest BCUT2D eigenvalue weighted by Gasteiger charge is 2.48. The first-order valence-electron chi connectivity index (χ1n) is 7.45. The molecule has 4 atom stereocenters.